The minimum absolute atomic E-state index is 0.377. The molecule has 0 bridgehead atoms. The van der Waals surface area contributed by atoms with E-state index in [9.17, 15) is 0 Å². The zero-order valence-corrected chi connectivity index (χ0v) is 8.84. The van der Waals surface area contributed by atoms with Gasteiger partial charge in [-0.1, -0.05) is 13.8 Å². The summed E-state index contributed by atoms with van der Waals surface area (Å²) in [5.74, 6) is 0.398. The van der Waals surface area contributed by atoms with Gasteiger partial charge in [0.2, 0.25) is 0 Å². The maximum Gasteiger partial charge on any atom is 0.322 e. The summed E-state index contributed by atoms with van der Waals surface area (Å²) in [6.07, 6.45) is 3.38. The quantitative estimate of drug-likeness (QED) is 0.825. The van der Waals surface area contributed by atoms with Crippen LogP contribution in [0.15, 0.2) is 22.9 Å². The lowest BCUT2D eigenvalue weighted by Gasteiger charge is -1.97. The molecule has 80 valence electrons. The molecule has 0 aliphatic heterocycles. The van der Waals surface area contributed by atoms with Crippen molar-refractivity contribution in [1.82, 2.24) is 14.8 Å². The molecular formula is C10H14N4O. The van der Waals surface area contributed by atoms with Gasteiger partial charge in [0.05, 0.1) is 11.4 Å². The van der Waals surface area contributed by atoms with E-state index >= 15 is 0 Å². The first-order valence-electron chi connectivity index (χ1n) is 4.91. The van der Waals surface area contributed by atoms with Crippen LogP contribution in [0, 0.1) is 0 Å². The molecule has 2 heterocycles. The Labute approximate surface area is 87.9 Å². The van der Waals surface area contributed by atoms with E-state index in [0.29, 0.717) is 18.5 Å². The first-order valence-corrected chi connectivity index (χ1v) is 4.91. The SMILES string of the molecule is CC(C)c1ccn(-c2nc(CN)co2)n1. The van der Waals surface area contributed by atoms with Crippen LogP contribution in [0.4, 0.5) is 0 Å². The van der Waals surface area contributed by atoms with Crippen LogP contribution in [0.3, 0.4) is 0 Å². The molecule has 0 amide bonds. The van der Waals surface area contributed by atoms with Gasteiger partial charge < -0.3 is 10.2 Å². The van der Waals surface area contributed by atoms with Gasteiger partial charge in [0.15, 0.2) is 0 Å². The average molecular weight is 206 g/mol. The molecule has 15 heavy (non-hydrogen) atoms. The van der Waals surface area contributed by atoms with E-state index < -0.39 is 0 Å². The second-order valence-corrected chi connectivity index (χ2v) is 3.67. The van der Waals surface area contributed by atoms with Crippen LogP contribution in [-0.2, 0) is 6.54 Å². The van der Waals surface area contributed by atoms with E-state index in [0.717, 1.165) is 11.4 Å². The summed E-state index contributed by atoms with van der Waals surface area (Å²) in [5, 5.41) is 4.35. The Bertz CT molecular complexity index is 444. The average Bonchev–Trinajstić information content (AvgIpc) is 2.86. The molecular weight excluding hydrogens is 192 g/mol. The van der Waals surface area contributed by atoms with E-state index in [1.807, 2.05) is 12.3 Å². The Morgan fingerprint density at radius 1 is 1.53 bits per heavy atom. The maximum atomic E-state index is 5.44. The second kappa shape index (κ2) is 3.86. The monoisotopic (exact) mass is 206 g/mol. The molecule has 0 spiro atoms. The molecule has 0 radical (unpaired) electrons. The fraction of sp³-hybridized carbons (Fsp3) is 0.400. The number of nitrogens with zero attached hydrogens (tertiary/aromatic N) is 3. The van der Waals surface area contributed by atoms with Gasteiger partial charge in [0.1, 0.15) is 6.26 Å². The van der Waals surface area contributed by atoms with Gasteiger partial charge in [-0.2, -0.15) is 14.8 Å². The number of oxazole rings is 1. The van der Waals surface area contributed by atoms with Gasteiger partial charge in [-0.15, -0.1) is 0 Å². The summed E-state index contributed by atoms with van der Waals surface area (Å²) in [5.41, 5.74) is 7.19. The van der Waals surface area contributed by atoms with Crippen molar-refractivity contribution < 1.29 is 4.42 Å². The van der Waals surface area contributed by atoms with Crippen LogP contribution in [0.5, 0.6) is 0 Å². The lowest BCUT2D eigenvalue weighted by atomic mass is 10.1. The first-order chi connectivity index (χ1) is 7.20. The first kappa shape index (κ1) is 9.92. The van der Waals surface area contributed by atoms with Gasteiger partial charge in [-0.25, -0.2) is 0 Å². The minimum Gasteiger partial charge on any atom is -0.430 e. The number of hydrogen-bond acceptors (Lipinski definition) is 4. The molecule has 5 heteroatoms. The third-order valence-corrected chi connectivity index (χ3v) is 2.15. The molecule has 2 N–H and O–H groups in total. The summed E-state index contributed by atoms with van der Waals surface area (Å²) in [7, 11) is 0. The topological polar surface area (TPSA) is 69.9 Å². The molecule has 0 atom stereocenters. The van der Waals surface area contributed by atoms with Crippen LogP contribution in [0.2, 0.25) is 0 Å². The number of aromatic nitrogens is 3. The molecule has 2 aromatic heterocycles. The molecule has 0 fully saturated rings. The van der Waals surface area contributed by atoms with Crippen molar-refractivity contribution in [1.29, 1.82) is 0 Å². The summed E-state index contributed by atoms with van der Waals surface area (Å²) < 4.78 is 6.86. The lowest BCUT2D eigenvalue weighted by molar-refractivity contribution is 0.506. The standard InChI is InChI=1S/C10H14N4O/c1-7(2)9-3-4-14(13-9)10-12-8(5-11)6-15-10/h3-4,6-7H,5,11H2,1-2H3. The molecule has 0 aromatic carbocycles. The van der Waals surface area contributed by atoms with Gasteiger partial charge in [-0.3, -0.25) is 0 Å². The Hall–Kier alpha value is -1.62. The third-order valence-electron chi connectivity index (χ3n) is 2.15. The molecule has 0 unspecified atom stereocenters. The Morgan fingerprint density at radius 3 is 2.87 bits per heavy atom. The highest BCUT2D eigenvalue weighted by molar-refractivity contribution is 5.13. The van der Waals surface area contributed by atoms with Crippen LogP contribution in [0.1, 0.15) is 31.2 Å². The number of rotatable bonds is 3. The summed E-state index contributed by atoms with van der Waals surface area (Å²) >= 11 is 0. The predicted octanol–water partition coefficient (Wildman–Crippen LogP) is 1.44. The normalized spacial score (nSPS) is 11.2. The van der Waals surface area contributed by atoms with Crippen LogP contribution >= 0.6 is 0 Å². The molecule has 2 aromatic rings. The van der Waals surface area contributed by atoms with E-state index in [-0.39, 0.29) is 0 Å². The molecule has 2 rings (SSSR count). The van der Waals surface area contributed by atoms with Gasteiger partial charge >= 0.3 is 6.01 Å². The van der Waals surface area contributed by atoms with Crippen LogP contribution < -0.4 is 5.73 Å². The molecule has 0 saturated carbocycles. The van der Waals surface area contributed by atoms with Crippen molar-refractivity contribution in [3.05, 3.63) is 29.9 Å². The smallest absolute Gasteiger partial charge is 0.322 e. The minimum atomic E-state index is 0.377. The highest BCUT2D eigenvalue weighted by atomic mass is 16.4. The van der Waals surface area contributed by atoms with E-state index in [2.05, 4.69) is 23.9 Å². The lowest BCUT2D eigenvalue weighted by Crippen LogP contribution is -2.00. The molecule has 0 saturated heterocycles. The van der Waals surface area contributed by atoms with E-state index in [1.54, 1.807) is 10.9 Å². The van der Waals surface area contributed by atoms with Crippen molar-refractivity contribution in [2.24, 2.45) is 5.73 Å². The molecule has 5 nitrogen and oxygen atoms in total. The summed E-state index contributed by atoms with van der Waals surface area (Å²) in [4.78, 5) is 4.18. The fourth-order valence-corrected chi connectivity index (χ4v) is 1.25. The van der Waals surface area contributed by atoms with Crippen molar-refractivity contribution in [2.75, 3.05) is 0 Å². The summed E-state index contributed by atoms with van der Waals surface area (Å²) in [6, 6.07) is 2.42. The Balaban J connectivity index is 2.28. The predicted molar refractivity (Wildman–Crippen MR) is 55.6 cm³/mol. The van der Waals surface area contributed by atoms with Crippen LogP contribution in [0.25, 0.3) is 6.01 Å². The number of hydrogen-bond donors (Lipinski definition) is 1. The van der Waals surface area contributed by atoms with Crippen molar-refractivity contribution in [2.45, 2.75) is 26.3 Å². The Kier molecular flexibility index (Phi) is 2.55. The fourth-order valence-electron chi connectivity index (χ4n) is 1.25. The van der Waals surface area contributed by atoms with E-state index in [1.165, 1.54) is 0 Å². The Morgan fingerprint density at radius 2 is 2.33 bits per heavy atom. The van der Waals surface area contributed by atoms with Crippen molar-refractivity contribution in [3.63, 3.8) is 0 Å². The zero-order chi connectivity index (χ0) is 10.8. The molecule has 0 aliphatic rings. The van der Waals surface area contributed by atoms with Crippen LogP contribution in [-0.4, -0.2) is 14.8 Å². The summed E-state index contributed by atoms with van der Waals surface area (Å²) in [6.45, 7) is 4.56. The highest BCUT2D eigenvalue weighted by Gasteiger charge is 2.08. The van der Waals surface area contributed by atoms with Gasteiger partial charge in [-0.05, 0) is 12.0 Å². The van der Waals surface area contributed by atoms with Gasteiger partial charge in [0, 0.05) is 12.7 Å². The highest BCUT2D eigenvalue weighted by Crippen LogP contribution is 2.13. The largest absolute Gasteiger partial charge is 0.430 e. The third kappa shape index (κ3) is 1.92. The van der Waals surface area contributed by atoms with Crippen molar-refractivity contribution >= 4 is 0 Å². The van der Waals surface area contributed by atoms with Crippen molar-refractivity contribution in [3.8, 4) is 6.01 Å². The molecule has 0 aliphatic carbocycles. The van der Waals surface area contributed by atoms with Gasteiger partial charge in [0.25, 0.3) is 0 Å². The van der Waals surface area contributed by atoms with E-state index in [4.69, 9.17) is 10.2 Å². The maximum absolute atomic E-state index is 5.44. The zero-order valence-electron chi connectivity index (χ0n) is 8.84. The number of nitrogens with two attached hydrogens (primary N) is 1. The second-order valence-electron chi connectivity index (χ2n) is 3.67.